The molecule has 1 amide bonds. The Morgan fingerprint density at radius 1 is 1.50 bits per heavy atom. The highest BCUT2D eigenvalue weighted by molar-refractivity contribution is 5.81. The van der Waals surface area contributed by atoms with E-state index >= 15 is 0 Å². The average Bonchev–Trinajstić information content (AvgIpc) is 2.36. The molecule has 0 saturated heterocycles. The second kappa shape index (κ2) is 7.01. The van der Waals surface area contributed by atoms with E-state index in [9.17, 15) is 4.79 Å². The number of carbonyl (C=O) groups excluding carboxylic acids is 1. The van der Waals surface area contributed by atoms with Crippen molar-refractivity contribution in [2.24, 2.45) is 5.73 Å². The van der Waals surface area contributed by atoms with E-state index in [2.05, 4.69) is 0 Å². The summed E-state index contributed by atoms with van der Waals surface area (Å²) in [6, 6.07) is 7.44. The number of aryl methyl sites for hydroxylation is 1. The predicted molar refractivity (Wildman–Crippen MR) is 72.6 cm³/mol. The van der Waals surface area contributed by atoms with Gasteiger partial charge in [-0.25, -0.2) is 0 Å². The molecular formula is C14H22N2O2. The fourth-order valence-electron chi connectivity index (χ4n) is 1.57. The van der Waals surface area contributed by atoms with Gasteiger partial charge in [-0.3, -0.25) is 4.79 Å². The number of carbonyl (C=O) groups is 1. The number of hydrogen-bond acceptors (Lipinski definition) is 3. The summed E-state index contributed by atoms with van der Waals surface area (Å²) >= 11 is 0. The lowest BCUT2D eigenvalue weighted by molar-refractivity contribution is -0.131. The maximum atomic E-state index is 11.7. The Kier molecular flexibility index (Phi) is 5.65. The molecule has 0 radical (unpaired) electrons. The first kappa shape index (κ1) is 14.5. The van der Waals surface area contributed by atoms with Gasteiger partial charge in [0.2, 0.25) is 5.91 Å². The molecule has 100 valence electrons. The van der Waals surface area contributed by atoms with E-state index < -0.39 is 6.04 Å². The molecule has 1 atom stereocenters. The smallest absolute Gasteiger partial charge is 0.239 e. The highest BCUT2D eigenvalue weighted by Gasteiger charge is 2.15. The highest BCUT2D eigenvalue weighted by Crippen LogP contribution is 2.12. The van der Waals surface area contributed by atoms with Gasteiger partial charge in [0.1, 0.15) is 12.4 Å². The first-order valence-electron chi connectivity index (χ1n) is 6.24. The minimum atomic E-state index is -0.408. The summed E-state index contributed by atoms with van der Waals surface area (Å²) in [5.74, 6) is 0.793. The zero-order valence-electron chi connectivity index (χ0n) is 11.3. The summed E-state index contributed by atoms with van der Waals surface area (Å²) in [5, 5.41) is 0. The van der Waals surface area contributed by atoms with Crippen molar-refractivity contribution in [1.29, 1.82) is 0 Å². The Hall–Kier alpha value is -1.55. The van der Waals surface area contributed by atoms with Crippen molar-refractivity contribution in [1.82, 2.24) is 4.90 Å². The number of rotatable bonds is 6. The van der Waals surface area contributed by atoms with E-state index in [0.29, 0.717) is 19.6 Å². The minimum absolute atomic E-state index is 0.0367. The number of amides is 1. The van der Waals surface area contributed by atoms with Crippen LogP contribution in [0.1, 0.15) is 18.9 Å². The molecule has 1 aromatic carbocycles. The second-order valence-electron chi connectivity index (χ2n) is 4.44. The fraction of sp³-hybridized carbons (Fsp3) is 0.500. The van der Waals surface area contributed by atoms with Gasteiger partial charge < -0.3 is 15.4 Å². The fourth-order valence-corrected chi connectivity index (χ4v) is 1.57. The first-order chi connectivity index (χ1) is 8.54. The zero-order chi connectivity index (χ0) is 13.5. The van der Waals surface area contributed by atoms with Crippen LogP contribution in [0, 0.1) is 6.92 Å². The third-order valence-electron chi connectivity index (χ3n) is 2.82. The maximum absolute atomic E-state index is 11.7. The van der Waals surface area contributed by atoms with Crippen molar-refractivity contribution in [2.45, 2.75) is 26.3 Å². The monoisotopic (exact) mass is 250 g/mol. The Morgan fingerprint density at radius 2 is 2.22 bits per heavy atom. The van der Waals surface area contributed by atoms with E-state index in [4.69, 9.17) is 10.5 Å². The average molecular weight is 250 g/mol. The molecule has 1 rings (SSSR count). The van der Waals surface area contributed by atoms with E-state index in [1.165, 1.54) is 0 Å². The summed E-state index contributed by atoms with van der Waals surface area (Å²) in [7, 11) is 1.75. The highest BCUT2D eigenvalue weighted by atomic mass is 16.5. The lowest BCUT2D eigenvalue weighted by Gasteiger charge is -2.20. The van der Waals surface area contributed by atoms with Crippen LogP contribution in [0.3, 0.4) is 0 Å². The Labute approximate surface area is 109 Å². The topological polar surface area (TPSA) is 55.6 Å². The molecule has 0 aromatic heterocycles. The van der Waals surface area contributed by atoms with Gasteiger partial charge in [0.15, 0.2) is 0 Å². The normalized spacial score (nSPS) is 12.0. The molecule has 18 heavy (non-hydrogen) atoms. The molecule has 4 nitrogen and oxygen atoms in total. The van der Waals surface area contributed by atoms with E-state index in [1.807, 2.05) is 38.1 Å². The van der Waals surface area contributed by atoms with E-state index in [-0.39, 0.29) is 5.91 Å². The third-order valence-corrected chi connectivity index (χ3v) is 2.82. The quantitative estimate of drug-likeness (QED) is 0.833. The molecule has 0 unspecified atom stereocenters. The van der Waals surface area contributed by atoms with E-state index in [0.717, 1.165) is 11.3 Å². The molecule has 0 aliphatic rings. The van der Waals surface area contributed by atoms with Crippen LogP contribution < -0.4 is 10.5 Å². The van der Waals surface area contributed by atoms with Gasteiger partial charge in [-0.15, -0.1) is 0 Å². The summed E-state index contributed by atoms with van der Waals surface area (Å²) in [6.45, 7) is 4.94. The Bertz CT molecular complexity index is 393. The van der Waals surface area contributed by atoms with E-state index in [1.54, 1.807) is 11.9 Å². The molecule has 1 aromatic rings. The SMILES string of the molecule is CC[C@H](N)C(=O)N(C)CCOc1cccc(C)c1. The molecular weight excluding hydrogens is 228 g/mol. The molecule has 0 bridgehead atoms. The van der Waals surface area contributed by atoms with Crippen LogP contribution in [0.2, 0.25) is 0 Å². The van der Waals surface area contributed by atoms with Crippen LogP contribution >= 0.6 is 0 Å². The molecule has 0 heterocycles. The molecule has 4 heteroatoms. The van der Waals surface area contributed by atoms with Crippen molar-refractivity contribution in [3.05, 3.63) is 29.8 Å². The number of likely N-dealkylation sites (N-methyl/N-ethyl adjacent to an activating group) is 1. The van der Waals surface area contributed by atoms with Crippen LogP contribution in [0.25, 0.3) is 0 Å². The van der Waals surface area contributed by atoms with Gasteiger partial charge in [0.05, 0.1) is 12.6 Å². The van der Waals surface area contributed by atoms with Crippen molar-refractivity contribution >= 4 is 5.91 Å². The van der Waals surface area contributed by atoms with Gasteiger partial charge in [-0.1, -0.05) is 19.1 Å². The Morgan fingerprint density at radius 3 is 2.83 bits per heavy atom. The van der Waals surface area contributed by atoms with Crippen LogP contribution in [0.5, 0.6) is 5.75 Å². The lowest BCUT2D eigenvalue weighted by atomic mass is 10.2. The first-order valence-corrected chi connectivity index (χ1v) is 6.24. The van der Waals surface area contributed by atoms with Crippen molar-refractivity contribution < 1.29 is 9.53 Å². The van der Waals surface area contributed by atoms with Crippen molar-refractivity contribution in [2.75, 3.05) is 20.2 Å². The van der Waals surface area contributed by atoms with Gasteiger partial charge in [0, 0.05) is 7.05 Å². The van der Waals surface area contributed by atoms with Crippen molar-refractivity contribution in [3.63, 3.8) is 0 Å². The van der Waals surface area contributed by atoms with Gasteiger partial charge in [-0.2, -0.15) is 0 Å². The molecule has 2 N–H and O–H groups in total. The standard InChI is InChI=1S/C14H22N2O2/c1-4-13(15)14(17)16(3)8-9-18-12-7-5-6-11(2)10-12/h5-7,10,13H,4,8-9,15H2,1-3H3/t13-/m0/s1. The van der Waals surface area contributed by atoms with Gasteiger partial charge >= 0.3 is 0 Å². The molecule has 0 spiro atoms. The molecule has 0 saturated carbocycles. The summed E-state index contributed by atoms with van der Waals surface area (Å²) in [5.41, 5.74) is 6.85. The number of nitrogens with zero attached hydrogens (tertiary/aromatic N) is 1. The largest absolute Gasteiger partial charge is 0.492 e. The lowest BCUT2D eigenvalue weighted by Crippen LogP contribution is -2.42. The summed E-state index contributed by atoms with van der Waals surface area (Å²) in [4.78, 5) is 13.3. The molecule has 0 aliphatic heterocycles. The van der Waals surface area contributed by atoms with Crippen LogP contribution in [0.15, 0.2) is 24.3 Å². The van der Waals surface area contributed by atoms with Gasteiger partial charge in [-0.05, 0) is 31.0 Å². The summed E-state index contributed by atoms with van der Waals surface area (Å²) < 4.78 is 5.59. The maximum Gasteiger partial charge on any atom is 0.239 e. The number of ether oxygens (including phenoxy) is 1. The number of nitrogens with two attached hydrogens (primary N) is 1. The van der Waals surface area contributed by atoms with Crippen molar-refractivity contribution in [3.8, 4) is 5.75 Å². The van der Waals surface area contributed by atoms with Crippen LogP contribution in [-0.4, -0.2) is 37.0 Å². The third kappa shape index (κ3) is 4.37. The summed E-state index contributed by atoms with van der Waals surface area (Å²) in [6.07, 6.45) is 0.655. The molecule has 0 aliphatic carbocycles. The number of hydrogen-bond donors (Lipinski definition) is 1. The minimum Gasteiger partial charge on any atom is -0.492 e. The second-order valence-corrected chi connectivity index (χ2v) is 4.44. The van der Waals surface area contributed by atoms with Gasteiger partial charge in [0.25, 0.3) is 0 Å². The zero-order valence-corrected chi connectivity index (χ0v) is 11.3. The number of benzene rings is 1. The Balaban J connectivity index is 2.35. The predicted octanol–water partition coefficient (Wildman–Crippen LogP) is 1.57. The van der Waals surface area contributed by atoms with Crippen LogP contribution in [-0.2, 0) is 4.79 Å². The van der Waals surface area contributed by atoms with Crippen LogP contribution in [0.4, 0.5) is 0 Å². The molecule has 0 fully saturated rings.